The summed E-state index contributed by atoms with van der Waals surface area (Å²) in [6, 6.07) is 0. The maximum Gasteiger partial charge on any atom is 0.311 e. The number of carbonyl (C=O) groups is 2. The Balaban J connectivity index is 1.99. The van der Waals surface area contributed by atoms with E-state index in [4.69, 9.17) is 10.5 Å². The third-order valence-electron chi connectivity index (χ3n) is 5.17. The first-order valence-electron chi connectivity index (χ1n) is 7.84. The van der Waals surface area contributed by atoms with Crippen molar-refractivity contribution >= 4 is 11.9 Å². The molecule has 4 N–H and O–H groups in total. The highest BCUT2D eigenvalue weighted by Crippen LogP contribution is 2.37. The molecule has 21 heavy (non-hydrogen) atoms. The van der Waals surface area contributed by atoms with Crippen molar-refractivity contribution in [1.82, 2.24) is 5.32 Å². The van der Waals surface area contributed by atoms with Crippen molar-refractivity contribution in [3.63, 3.8) is 0 Å². The highest BCUT2D eigenvalue weighted by Gasteiger charge is 2.43. The molecule has 2 rings (SSSR count). The van der Waals surface area contributed by atoms with Gasteiger partial charge in [0.1, 0.15) is 0 Å². The van der Waals surface area contributed by atoms with Crippen molar-refractivity contribution in [2.24, 2.45) is 16.6 Å². The first-order chi connectivity index (χ1) is 10.0. The summed E-state index contributed by atoms with van der Waals surface area (Å²) in [7, 11) is 0. The van der Waals surface area contributed by atoms with Gasteiger partial charge in [0.25, 0.3) is 0 Å². The second-order valence-corrected chi connectivity index (χ2v) is 6.43. The standard InChI is InChI=1S/C15H26N2O4/c16-10-14(6-8-21-9-7-14)12(18)17-11-15(13(19)20)4-2-1-3-5-15/h1-11,16H2,(H,17,18)(H,19,20). The molecule has 2 fully saturated rings. The number of carboxylic acids is 1. The summed E-state index contributed by atoms with van der Waals surface area (Å²) in [5, 5.41) is 12.4. The van der Waals surface area contributed by atoms with Crippen LogP contribution in [0, 0.1) is 10.8 Å². The van der Waals surface area contributed by atoms with Gasteiger partial charge in [-0.25, -0.2) is 0 Å². The van der Waals surface area contributed by atoms with Gasteiger partial charge in [0.15, 0.2) is 0 Å². The number of carbonyl (C=O) groups excluding carboxylic acids is 1. The van der Waals surface area contributed by atoms with Crippen LogP contribution >= 0.6 is 0 Å². The van der Waals surface area contributed by atoms with E-state index in [2.05, 4.69) is 5.32 Å². The van der Waals surface area contributed by atoms with E-state index >= 15 is 0 Å². The molecule has 0 atom stereocenters. The SMILES string of the molecule is NCC1(C(=O)NCC2(C(=O)O)CCCCC2)CCOCC1. The second kappa shape index (κ2) is 6.75. The first-order valence-corrected chi connectivity index (χ1v) is 7.84. The lowest BCUT2D eigenvalue weighted by Crippen LogP contribution is -2.53. The maximum atomic E-state index is 12.5. The number of hydrogen-bond donors (Lipinski definition) is 3. The molecule has 1 heterocycles. The van der Waals surface area contributed by atoms with Crippen molar-refractivity contribution < 1.29 is 19.4 Å². The molecule has 1 saturated heterocycles. The monoisotopic (exact) mass is 298 g/mol. The number of nitrogens with one attached hydrogen (secondary N) is 1. The van der Waals surface area contributed by atoms with Gasteiger partial charge in [-0.15, -0.1) is 0 Å². The number of rotatable bonds is 5. The number of aliphatic carboxylic acids is 1. The Morgan fingerprint density at radius 1 is 1.05 bits per heavy atom. The van der Waals surface area contributed by atoms with E-state index in [1.807, 2.05) is 0 Å². The molecule has 120 valence electrons. The Kier molecular flexibility index (Phi) is 5.22. The van der Waals surface area contributed by atoms with E-state index in [1.165, 1.54) is 0 Å². The van der Waals surface area contributed by atoms with Crippen molar-refractivity contribution in [2.75, 3.05) is 26.3 Å². The van der Waals surface area contributed by atoms with Gasteiger partial charge in [-0.3, -0.25) is 9.59 Å². The molecule has 2 aliphatic rings. The van der Waals surface area contributed by atoms with E-state index in [1.54, 1.807) is 0 Å². The van der Waals surface area contributed by atoms with Gasteiger partial charge < -0.3 is 20.9 Å². The van der Waals surface area contributed by atoms with Crippen LogP contribution in [0.5, 0.6) is 0 Å². The van der Waals surface area contributed by atoms with E-state index < -0.39 is 16.8 Å². The van der Waals surface area contributed by atoms with Gasteiger partial charge in [-0.2, -0.15) is 0 Å². The zero-order valence-electron chi connectivity index (χ0n) is 12.5. The van der Waals surface area contributed by atoms with Crippen LogP contribution in [0.25, 0.3) is 0 Å². The number of ether oxygens (including phenoxy) is 1. The van der Waals surface area contributed by atoms with Gasteiger partial charge in [-0.05, 0) is 25.7 Å². The molecule has 6 heteroatoms. The summed E-state index contributed by atoms with van der Waals surface area (Å²) < 4.78 is 5.30. The molecule has 0 spiro atoms. The molecular formula is C15H26N2O4. The molecule has 1 aliphatic heterocycles. The van der Waals surface area contributed by atoms with Crippen molar-refractivity contribution in [3.05, 3.63) is 0 Å². The van der Waals surface area contributed by atoms with Gasteiger partial charge in [0.2, 0.25) is 5.91 Å². The molecule has 0 aromatic rings. The molecule has 1 saturated carbocycles. The number of hydrogen-bond acceptors (Lipinski definition) is 4. The quantitative estimate of drug-likeness (QED) is 0.700. The van der Waals surface area contributed by atoms with Crippen LogP contribution in [-0.4, -0.2) is 43.3 Å². The lowest BCUT2D eigenvalue weighted by Gasteiger charge is -2.37. The van der Waals surface area contributed by atoms with Crippen molar-refractivity contribution in [1.29, 1.82) is 0 Å². The molecular weight excluding hydrogens is 272 g/mol. The number of carboxylic acid groups (broad SMARTS) is 1. The lowest BCUT2D eigenvalue weighted by molar-refractivity contribution is -0.151. The van der Waals surface area contributed by atoms with Crippen LogP contribution in [-0.2, 0) is 14.3 Å². The first kappa shape index (κ1) is 16.2. The predicted molar refractivity (Wildman–Crippen MR) is 77.7 cm³/mol. The summed E-state index contributed by atoms with van der Waals surface area (Å²) >= 11 is 0. The summed E-state index contributed by atoms with van der Waals surface area (Å²) in [5.41, 5.74) is 4.42. The van der Waals surface area contributed by atoms with Crippen molar-refractivity contribution in [3.8, 4) is 0 Å². The van der Waals surface area contributed by atoms with Gasteiger partial charge in [-0.1, -0.05) is 19.3 Å². The van der Waals surface area contributed by atoms with E-state index in [0.717, 1.165) is 19.3 Å². The lowest BCUT2D eigenvalue weighted by atomic mass is 9.73. The summed E-state index contributed by atoms with van der Waals surface area (Å²) in [4.78, 5) is 24.1. The zero-order valence-corrected chi connectivity index (χ0v) is 12.5. The fourth-order valence-corrected chi connectivity index (χ4v) is 3.42. The Labute approximate surface area is 125 Å². The molecule has 1 amide bonds. The van der Waals surface area contributed by atoms with Crippen molar-refractivity contribution in [2.45, 2.75) is 44.9 Å². The highest BCUT2D eigenvalue weighted by atomic mass is 16.5. The Morgan fingerprint density at radius 2 is 1.67 bits per heavy atom. The normalized spacial score (nSPS) is 24.2. The smallest absolute Gasteiger partial charge is 0.311 e. The van der Waals surface area contributed by atoms with Crippen LogP contribution in [0.4, 0.5) is 0 Å². The minimum atomic E-state index is -0.797. The van der Waals surface area contributed by atoms with Crippen LogP contribution in [0.1, 0.15) is 44.9 Å². The summed E-state index contributed by atoms with van der Waals surface area (Å²) in [6.45, 7) is 1.56. The Bertz CT molecular complexity index is 385. The maximum absolute atomic E-state index is 12.5. The predicted octanol–water partition coefficient (Wildman–Crippen LogP) is 0.893. The minimum absolute atomic E-state index is 0.112. The van der Waals surface area contributed by atoms with E-state index in [9.17, 15) is 14.7 Å². The Morgan fingerprint density at radius 3 is 2.19 bits per heavy atom. The van der Waals surface area contributed by atoms with Crippen LogP contribution < -0.4 is 11.1 Å². The molecule has 0 aromatic carbocycles. The molecule has 6 nitrogen and oxygen atoms in total. The molecule has 0 radical (unpaired) electrons. The van der Waals surface area contributed by atoms with Gasteiger partial charge in [0.05, 0.1) is 10.8 Å². The van der Waals surface area contributed by atoms with E-state index in [0.29, 0.717) is 38.9 Å². The van der Waals surface area contributed by atoms with E-state index in [-0.39, 0.29) is 19.0 Å². The van der Waals surface area contributed by atoms with Crippen LogP contribution in [0.15, 0.2) is 0 Å². The third kappa shape index (κ3) is 3.37. The summed E-state index contributed by atoms with van der Waals surface area (Å²) in [6.07, 6.45) is 5.40. The molecule has 0 aromatic heterocycles. The number of nitrogens with two attached hydrogens (primary N) is 1. The average molecular weight is 298 g/mol. The molecule has 1 aliphatic carbocycles. The zero-order chi connectivity index (χ0) is 15.3. The van der Waals surface area contributed by atoms with Crippen LogP contribution in [0.3, 0.4) is 0 Å². The fourth-order valence-electron chi connectivity index (χ4n) is 3.42. The third-order valence-corrected chi connectivity index (χ3v) is 5.17. The Hall–Kier alpha value is -1.14. The van der Waals surface area contributed by atoms with Crippen LogP contribution in [0.2, 0.25) is 0 Å². The van der Waals surface area contributed by atoms with Gasteiger partial charge in [0, 0.05) is 26.3 Å². The summed E-state index contributed by atoms with van der Waals surface area (Å²) in [5.74, 6) is -0.907. The number of amides is 1. The highest BCUT2D eigenvalue weighted by molar-refractivity contribution is 5.84. The van der Waals surface area contributed by atoms with Gasteiger partial charge >= 0.3 is 5.97 Å². The largest absolute Gasteiger partial charge is 0.481 e. The topological polar surface area (TPSA) is 102 Å². The average Bonchev–Trinajstić information content (AvgIpc) is 2.54. The second-order valence-electron chi connectivity index (χ2n) is 6.43. The molecule has 0 bridgehead atoms. The fraction of sp³-hybridized carbons (Fsp3) is 0.867. The molecule has 0 unspecified atom stereocenters. The minimum Gasteiger partial charge on any atom is -0.481 e.